The summed E-state index contributed by atoms with van der Waals surface area (Å²) in [4.78, 5) is 16.6. The molecular formula is C20H24N4OS. The number of fused-ring (bicyclic) bond motifs is 1. The zero-order valence-electron chi connectivity index (χ0n) is 15.6. The van der Waals surface area contributed by atoms with Gasteiger partial charge in [-0.3, -0.25) is 10.2 Å². The number of amides is 1. The third kappa shape index (κ3) is 3.51. The van der Waals surface area contributed by atoms with Gasteiger partial charge in [0.15, 0.2) is 5.84 Å². The number of aliphatic imine (C=N–C) groups is 1. The minimum Gasteiger partial charge on any atom is -0.282 e. The van der Waals surface area contributed by atoms with Crippen molar-refractivity contribution in [3.63, 3.8) is 0 Å². The summed E-state index contributed by atoms with van der Waals surface area (Å²) in [5, 5.41) is 15.9. The Balaban J connectivity index is 1.89. The van der Waals surface area contributed by atoms with E-state index in [1.165, 1.54) is 22.3 Å². The number of hydrogen-bond donors (Lipinski definition) is 1. The van der Waals surface area contributed by atoms with Crippen LogP contribution >= 0.6 is 11.8 Å². The molecule has 2 aliphatic heterocycles. The van der Waals surface area contributed by atoms with E-state index in [0.717, 1.165) is 23.4 Å². The molecule has 3 rings (SSSR count). The fourth-order valence-electron chi connectivity index (χ4n) is 2.95. The van der Waals surface area contributed by atoms with Crippen molar-refractivity contribution in [3.8, 4) is 0 Å². The van der Waals surface area contributed by atoms with Crippen LogP contribution in [0.25, 0.3) is 6.08 Å². The molecule has 1 N–H and O–H groups in total. The van der Waals surface area contributed by atoms with E-state index in [0.29, 0.717) is 17.0 Å². The van der Waals surface area contributed by atoms with Crippen molar-refractivity contribution < 1.29 is 4.79 Å². The summed E-state index contributed by atoms with van der Waals surface area (Å²) in [7, 11) is 0. The molecule has 1 amide bonds. The van der Waals surface area contributed by atoms with Gasteiger partial charge < -0.3 is 0 Å². The van der Waals surface area contributed by atoms with Crippen LogP contribution in [-0.4, -0.2) is 27.0 Å². The number of nitrogens with zero attached hydrogens (tertiary/aromatic N) is 3. The Bertz CT molecular complexity index is 817. The van der Waals surface area contributed by atoms with Crippen LogP contribution in [0.3, 0.4) is 0 Å². The first-order valence-electron chi connectivity index (χ1n) is 9.04. The molecule has 0 aliphatic carbocycles. The predicted octanol–water partition coefficient (Wildman–Crippen LogP) is 4.87. The van der Waals surface area contributed by atoms with E-state index < -0.39 is 0 Å². The molecule has 136 valence electrons. The molecule has 0 saturated carbocycles. The molecule has 26 heavy (non-hydrogen) atoms. The first-order valence-corrected chi connectivity index (χ1v) is 9.86. The minimum atomic E-state index is -0.373. The Morgan fingerprint density at radius 2 is 1.85 bits per heavy atom. The smallest absolute Gasteiger partial charge is 0.282 e. The van der Waals surface area contributed by atoms with Crippen molar-refractivity contribution in [2.75, 3.05) is 0 Å². The van der Waals surface area contributed by atoms with Gasteiger partial charge in [-0.25, -0.2) is 0 Å². The van der Waals surface area contributed by atoms with E-state index in [1.54, 1.807) is 6.08 Å². The van der Waals surface area contributed by atoms with Crippen molar-refractivity contribution in [3.05, 3.63) is 41.0 Å². The SMILES string of the molecule is CCC(CC)C1=NN2C(=N)/C(=C\c3ccc(C(C)C)cc3)C(=O)N=C2S1. The summed E-state index contributed by atoms with van der Waals surface area (Å²) in [6.45, 7) is 8.53. The molecule has 1 aromatic carbocycles. The molecule has 0 aromatic heterocycles. The highest BCUT2D eigenvalue weighted by Crippen LogP contribution is 2.32. The molecule has 0 spiro atoms. The second-order valence-corrected chi connectivity index (χ2v) is 7.78. The van der Waals surface area contributed by atoms with Gasteiger partial charge in [0, 0.05) is 5.92 Å². The van der Waals surface area contributed by atoms with Crippen molar-refractivity contribution in [1.29, 1.82) is 5.41 Å². The Hall–Kier alpha value is -2.21. The highest BCUT2D eigenvalue weighted by atomic mass is 32.2. The van der Waals surface area contributed by atoms with Gasteiger partial charge >= 0.3 is 0 Å². The van der Waals surface area contributed by atoms with Crippen LogP contribution in [-0.2, 0) is 4.79 Å². The first-order chi connectivity index (χ1) is 12.4. The molecule has 0 unspecified atom stereocenters. The van der Waals surface area contributed by atoms with Gasteiger partial charge in [-0.1, -0.05) is 52.0 Å². The Labute approximate surface area is 158 Å². The quantitative estimate of drug-likeness (QED) is 0.754. The molecule has 0 radical (unpaired) electrons. The van der Waals surface area contributed by atoms with Crippen LogP contribution in [0.1, 0.15) is 57.6 Å². The Morgan fingerprint density at radius 1 is 1.19 bits per heavy atom. The predicted molar refractivity (Wildman–Crippen MR) is 110 cm³/mol. The lowest BCUT2D eigenvalue weighted by atomic mass is 10.0. The van der Waals surface area contributed by atoms with Crippen LogP contribution in [0.5, 0.6) is 0 Å². The van der Waals surface area contributed by atoms with E-state index in [2.05, 4.69) is 49.9 Å². The highest BCUT2D eigenvalue weighted by molar-refractivity contribution is 8.27. The fourth-order valence-corrected chi connectivity index (χ4v) is 4.11. The summed E-state index contributed by atoms with van der Waals surface area (Å²) in [5.74, 6) is 0.522. The molecule has 2 aliphatic rings. The second kappa shape index (κ2) is 7.58. The molecule has 0 saturated heterocycles. The molecular weight excluding hydrogens is 344 g/mol. The molecule has 1 aromatic rings. The average Bonchev–Trinajstić information content (AvgIpc) is 3.04. The number of amidine groups is 2. The molecule has 0 fully saturated rings. The second-order valence-electron chi connectivity index (χ2n) is 6.79. The topological polar surface area (TPSA) is 68.9 Å². The van der Waals surface area contributed by atoms with Crippen LogP contribution < -0.4 is 0 Å². The normalized spacial score (nSPS) is 18.7. The maximum Gasteiger partial charge on any atom is 0.283 e. The average molecular weight is 369 g/mol. The summed E-state index contributed by atoms with van der Waals surface area (Å²) in [6, 6.07) is 8.05. The summed E-state index contributed by atoms with van der Waals surface area (Å²) >= 11 is 1.41. The minimum absolute atomic E-state index is 0.0985. The Morgan fingerprint density at radius 3 is 2.42 bits per heavy atom. The maximum atomic E-state index is 12.5. The summed E-state index contributed by atoms with van der Waals surface area (Å²) in [5.41, 5.74) is 2.41. The lowest BCUT2D eigenvalue weighted by Gasteiger charge is -2.20. The summed E-state index contributed by atoms with van der Waals surface area (Å²) < 4.78 is 0. The molecule has 2 heterocycles. The number of thioether (sulfide) groups is 1. The van der Waals surface area contributed by atoms with Crippen LogP contribution in [0.4, 0.5) is 0 Å². The van der Waals surface area contributed by atoms with Crippen LogP contribution in [0, 0.1) is 11.3 Å². The number of nitrogens with one attached hydrogen (secondary N) is 1. The van der Waals surface area contributed by atoms with Gasteiger partial charge in [0.2, 0.25) is 5.17 Å². The molecule has 0 atom stereocenters. The van der Waals surface area contributed by atoms with Gasteiger partial charge in [-0.05, 0) is 47.7 Å². The lowest BCUT2D eigenvalue weighted by molar-refractivity contribution is -0.114. The van der Waals surface area contributed by atoms with Gasteiger partial charge in [0.1, 0.15) is 5.04 Å². The van der Waals surface area contributed by atoms with Crippen molar-refractivity contribution in [2.45, 2.75) is 46.5 Å². The van der Waals surface area contributed by atoms with Crippen LogP contribution in [0.15, 0.2) is 39.9 Å². The van der Waals surface area contributed by atoms with Gasteiger partial charge in [0.25, 0.3) is 5.91 Å². The first kappa shape index (κ1) is 18.6. The largest absolute Gasteiger partial charge is 0.283 e. The van der Waals surface area contributed by atoms with E-state index in [9.17, 15) is 4.79 Å². The Kier molecular flexibility index (Phi) is 5.41. The van der Waals surface area contributed by atoms with E-state index in [4.69, 9.17) is 5.41 Å². The van der Waals surface area contributed by atoms with Gasteiger partial charge in [0.05, 0.1) is 5.57 Å². The van der Waals surface area contributed by atoms with Crippen molar-refractivity contribution >= 4 is 39.8 Å². The number of carbonyl (C=O) groups excluding carboxylic acids is 1. The number of rotatable bonds is 5. The lowest BCUT2D eigenvalue weighted by Crippen LogP contribution is -2.35. The number of carbonyl (C=O) groups is 1. The number of benzene rings is 1. The van der Waals surface area contributed by atoms with Gasteiger partial charge in [-0.15, -0.1) is 0 Å². The van der Waals surface area contributed by atoms with Crippen molar-refractivity contribution in [1.82, 2.24) is 5.01 Å². The van der Waals surface area contributed by atoms with Gasteiger partial charge in [-0.2, -0.15) is 15.1 Å². The number of hydrogen-bond acceptors (Lipinski definition) is 4. The maximum absolute atomic E-state index is 12.5. The third-order valence-corrected chi connectivity index (χ3v) is 5.79. The molecule has 6 heteroatoms. The highest BCUT2D eigenvalue weighted by Gasteiger charge is 2.37. The van der Waals surface area contributed by atoms with E-state index >= 15 is 0 Å². The molecule has 5 nitrogen and oxygen atoms in total. The monoisotopic (exact) mass is 368 g/mol. The third-order valence-electron chi connectivity index (χ3n) is 4.72. The zero-order chi connectivity index (χ0) is 18.8. The van der Waals surface area contributed by atoms with Crippen LogP contribution in [0.2, 0.25) is 0 Å². The van der Waals surface area contributed by atoms with Crippen molar-refractivity contribution in [2.24, 2.45) is 16.0 Å². The zero-order valence-corrected chi connectivity index (χ0v) is 16.4. The fraction of sp³-hybridized carbons (Fsp3) is 0.400. The summed E-state index contributed by atoms with van der Waals surface area (Å²) in [6.07, 6.45) is 3.69. The van der Waals surface area contributed by atoms with E-state index in [-0.39, 0.29) is 17.3 Å². The standard InChI is InChI=1S/C20H24N4OS/c1-5-14(6-2)19-23-24-17(21)16(18(25)22-20(24)26-19)11-13-7-9-15(10-8-13)12(3)4/h7-12,14,21H,5-6H2,1-4H3/b16-11+,21-17?. The molecule has 0 bridgehead atoms. The van der Waals surface area contributed by atoms with E-state index in [1.807, 2.05) is 12.1 Å². The number of hydrazone groups is 1.